The molecule has 1 heterocycles. The van der Waals surface area contributed by atoms with Crippen LogP contribution in [0.15, 0.2) is 46.9 Å². The Kier molecular flexibility index (Phi) is 3.57. The molecular weight excluding hydrogens is 334 g/mol. The summed E-state index contributed by atoms with van der Waals surface area (Å²) in [6.07, 6.45) is 0. The van der Waals surface area contributed by atoms with Gasteiger partial charge in [-0.2, -0.15) is 4.68 Å². The Morgan fingerprint density at radius 2 is 2.05 bits per heavy atom. The molecule has 6 nitrogen and oxygen atoms in total. The highest BCUT2D eigenvalue weighted by atomic mass is 79.9. The van der Waals surface area contributed by atoms with Crippen molar-refractivity contribution in [1.82, 2.24) is 20.2 Å². The summed E-state index contributed by atoms with van der Waals surface area (Å²) in [4.78, 5) is 0. The molecule has 21 heavy (non-hydrogen) atoms. The maximum Gasteiger partial charge on any atom is 0.187 e. The number of hydrogen-bond acceptors (Lipinski definition) is 5. The van der Waals surface area contributed by atoms with Crippen LogP contribution < -0.4 is 10.5 Å². The maximum absolute atomic E-state index is 5.89. The molecule has 0 amide bonds. The maximum atomic E-state index is 5.89. The van der Waals surface area contributed by atoms with Gasteiger partial charge in [-0.25, -0.2) is 0 Å². The van der Waals surface area contributed by atoms with Crippen LogP contribution in [0.1, 0.15) is 0 Å². The van der Waals surface area contributed by atoms with Gasteiger partial charge in [-0.3, -0.25) is 0 Å². The van der Waals surface area contributed by atoms with E-state index < -0.39 is 0 Å². The van der Waals surface area contributed by atoms with Crippen LogP contribution in [0, 0.1) is 0 Å². The molecule has 3 rings (SSSR count). The van der Waals surface area contributed by atoms with Gasteiger partial charge >= 0.3 is 0 Å². The molecule has 0 radical (unpaired) electrons. The molecule has 0 saturated heterocycles. The van der Waals surface area contributed by atoms with Crippen molar-refractivity contribution in [1.29, 1.82) is 0 Å². The summed E-state index contributed by atoms with van der Waals surface area (Å²) in [5.41, 5.74) is 8.12. The van der Waals surface area contributed by atoms with Crippen LogP contribution in [0.5, 0.6) is 5.75 Å². The topological polar surface area (TPSA) is 78.8 Å². The third-order valence-corrected chi connectivity index (χ3v) is 3.44. The van der Waals surface area contributed by atoms with Crippen LogP contribution in [0.2, 0.25) is 0 Å². The van der Waals surface area contributed by atoms with Crippen molar-refractivity contribution >= 4 is 21.6 Å². The molecule has 0 saturated carbocycles. The second-order valence-electron chi connectivity index (χ2n) is 4.39. The predicted molar refractivity (Wildman–Crippen MR) is 83.3 cm³/mol. The number of halogens is 1. The van der Waals surface area contributed by atoms with E-state index in [-0.39, 0.29) is 0 Å². The zero-order valence-electron chi connectivity index (χ0n) is 11.2. The molecule has 0 unspecified atom stereocenters. The number of tetrazole rings is 1. The van der Waals surface area contributed by atoms with Crippen LogP contribution >= 0.6 is 15.9 Å². The number of nitrogens with zero attached hydrogens (tertiary/aromatic N) is 4. The Balaban J connectivity index is 2.13. The first-order chi connectivity index (χ1) is 10.2. The van der Waals surface area contributed by atoms with E-state index in [1.54, 1.807) is 17.9 Å². The van der Waals surface area contributed by atoms with Crippen molar-refractivity contribution in [2.75, 3.05) is 12.8 Å². The van der Waals surface area contributed by atoms with Crippen molar-refractivity contribution in [3.63, 3.8) is 0 Å². The van der Waals surface area contributed by atoms with E-state index >= 15 is 0 Å². The third kappa shape index (κ3) is 2.73. The minimum Gasteiger partial charge on any atom is -0.497 e. The van der Waals surface area contributed by atoms with E-state index in [0.717, 1.165) is 15.7 Å². The number of benzene rings is 2. The van der Waals surface area contributed by atoms with Gasteiger partial charge in [-0.15, -0.1) is 5.10 Å². The molecule has 0 aliphatic carbocycles. The summed E-state index contributed by atoms with van der Waals surface area (Å²) < 4.78 is 7.84. The number of anilines is 1. The van der Waals surface area contributed by atoms with E-state index in [2.05, 4.69) is 31.5 Å². The molecule has 0 fully saturated rings. The summed E-state index contributed by atoms with van der Waals surface area (Å²) in [6.45, 7) is 0. The Morgan fingerprint density at radius 3 is 2.81 bits per heavy atom. The average molecular weight is 346 g/mol. The largest absolute Gasteiger partial charge is 0.497 e. The summed E-state index contributed by atoms with van der Waals surface area (Å²) >= 11 is 3.44. The van der Waals surface area contributed by atoms with Gasteiger partial charge in [0.2, 0.25) is 0 Å². The van der Waals surface area contributed by atoms with Gasteiger partial charge in [0.05, 0.1) is 12.8 Å². The summed E-state index contributed by atoms with van der Waals surface area (Å²) in [5.74, 6) is 1.26. The fraction of sp³-hybridized carbons (Fsp3) is 0.0714. The van der Waals surface area contributed by atoms with Gasteiger partial charge in [0.25, 0.3) is 0 Å². The number of nitrogen functional groups attached to an aromatic ring is 1. The lowest BCUT2D eigenvalue weighted by Crippen LogP contribution is -2.00. The van der Waals surface area contributed by atoms with Gasteiger partial charge in [0, 0.05) is 21.8 Å². The van der Waals surface area contributed by atoms with Crippen LogP contribution in [-0.2, 0) is 0 Å². The van der Waals surface area contributed by atoms with Crippen LogP contribution in [0.3, 0.4) is 0 Å². The van der Waals surface area contributed by atoms with Gasteiger partial charge < -0.3 is 10.5 Å². The number of rotatable bonds is 3. The predicted octanol–water partition coefficient (Wildman–Crippen LogP) is 2.68. The number of nitrogens with two attached hydrogens (primary N) is 1. The number of methoxy groups -OCH3 is 1. The summed E-state index contributed by atoms with van der Waals surface area (Å²) in [6, 6.07) is 13.1. The lowest BCUT2D eigenvalue weighted by atomic mass is 10.1. The molecule has 3 aromatic rings. The summed E-state index contributed by atoms with van der Waals surface area (Å²) in [7, 11) is 1.59. The average Bonchev–Trinajstić information content (AvgIpc) is 2.96. The molecule has 0 bridgehead atoms. The van der Waals surface area contributed by atoms with E-state index in [4.69, 9.17) is 10.5 Å². The lowest BCUT2D eigenvalue weighted by Gasteiger charge is -2.08. The zero-order chi connectivity index (χ0) is 14.8. The van der Waals surface area contributed by atoms with Crippen molar-refractivity contribution in [2.45, 2.75) is 0 Å². The minimum atomic E-state index is 0.591. The van der Waals surface area contributed by atoms with Gasteiger partial charge in [0.15, 0.2) is 5.82 Å². The molecule has 0 spiro atoms. The number of ether oxygens (including phenoxy) is 1. The molecule has 7 heteroatoms. The number of aromatic nitrogens is 4. The quantitative estimate of drug-likeness (QED) is 0.738. The van der Waals surface area contributed by atoms with Crippen molar-refractivity contribution in [3.05, 3.63) is 46.9 Å². The minimum absolute atomic E-state index is 0.591. The zero-order valence-corrected chi connectivity index (χ0v) is 12.8. The Hall–Kier alpha value is -2.41. The standard InChI is InChI=1S/C14H12BrN5O/c1-21-13-6-9(5-11(16)8-13)14-17-18-19-20(14)12-4-2-3-10(15)7-12/h2-8H,16H2,1H3. The van der Waals surface area contributed by atoms with Gasteiger partial charge in [-0.05, 0) is 40.8 Å². The smallest absolute Gasteiger partial charge is 0.187 e. The third-order valence-electron chi connectivity index (χ3n) is 2.95. The first-order valence-electron chi connectivity index (χ1n) is 6.16. The molecule has 1 aromatic heterocycles. The van der Waals surface area contributed by atoms with Crippen molar-refractivity contribution in [2.24, 2.45) is 0 Å². The van der Waals surface area contributed by atoms with Crippen LogP contribution in [0.4, 0.5) is 5.69 Å². The highest BCUT2D eigenvalue weighted by Crippen LogP contribution is 2.27. The Labute approximate surface area is 129 Å². The first kappa shape index (κ1) is 13.6. The van der Waals surface area contributed by atoms with Crippen molar-refractivity contribution in [3.8, 4) is 22.8 Å². The van der Waals surface area contributed by atoms with Crippen molar-refractivity contribution < 1.29 is 4.74 Å². The van der Waals surface area contributed by atoms with Crippen LogP contribution in [0.25, 0.3) is 17.1 Å². The molecule has 2 aromatic carbocycles. The molecule has 0 aliphatic heterocycles. The second-order valence-corrected chi connectivity index (χ2v) is 5.30. The molecule has 106 valence electrons. The molecule has 0 aliphatic rings. The fourth-order valence-corrected chi connectivity index (χ4v) is 2.41. The van der Waals surface area contributed by atoms with E-state index in [1.807, 2.05) is 36.4 Å². The van der Waals surface area contributed by atoms with E-state index in [0.29, 0.717) is 17.3 Å². The van der Waals surface area contributed by atoms with Crippen LogP contribution in [-0.4, -0.2) is 27.3 Å². The van der Waals surface area contributed by atoms with E-state index in [9.17, 15) is 0 Å². The monoisotopic (exact) mass is 345 g/mol. The highest BCUT2D eigenvalue weighted by Gasteiger charge is 2.12. The lowest BCUT2D eigenvalue weighted by molar-refractivity contribution is 0.415. The fourth-order valence-electron chi connectivity index (χ4n) is 2.02. The van der Waals surface area contributed by atoms with E-state index in [1.165, 1.54) is 0 Å². The molecule has 2 N–H and O–H groups in total. The van der Waals surface area contributed by atoms with Gasteiger partial charge in [0.1, 0.15) is 5.75 Å². The van der Waals surface area contributed by atoms with Gasteiger partial charge in [-0.1, -0.05) is 22.0 Å². The first-order valence-corrected chi connectivity index (χ1v) is 6.96. The number of hydrogen-bond donors (Lipinski definition) is 1. The SMILES string of the molecule is COc1cc(N)cc(-c2nnnn2-c2cccc(Br)c2)c1. The normalized spacial score (nSPS) is 10.6. The summed E-state index contributed by atoms with van der Waals surface area (Å²) in [5, 5.41) is 11.9. The Bertz CT molecular complexity index is 787. The molecular formula is C14H12BrN5O. The Morgan fingerprint density at radius 1 is 1.19 bits per heavy atom. The highest BCUT2D eigenvalue weighted by molar-refractivity contribution is 9.10. The second kappa shape index (κ2) is 5.53. The molecule has 0 atom stereocenters.